The van der Waals surface area contributed by atoms with Crippen molar-refractivity contribution >= 4 is 23.1 Å². The van der Waals surface area contributed by atoms with Gasteiger partial charge in [-0.2, -0.15) is 0 Å². The number of rotatable bonds is 7. The van der Waals surface area contributed by atoms with Crippen molar-refractivity contribution in [2.75, 3.05) is 41.4 Å². The van der Waals surface area contributed by atoms with Crippen molar-refractivity contribution in [1.82, 2.24) is 19.2 Å². The number of likely N-dealkylation sites (tertiary alicyclic amines) is 1. The molecule has 1 aliphatic rings. The number of aryl methyl sites for hydroxylation is 1. The Balaban J connectivity index is 1.94. The molecule has 0 radical (unpaired) electrons. The number of fused-ring (bicyclic) bond motifs is 1. The van der Waals surface area contributed by atoms with Crippen molar-refractivity contribution < 1.29 is 24.2 Å². The van der Waals surface area contributed by atoms with Gasteiger partial charge in [-0.25, -0.2) is 4.98 Å². The number of ketones is 1. The maximum Gasteiger partial charge on any atom is 0.295 e. The number of Topliss-reactive ketones (excluding diaryl/α,β-unsaturated/α-hetero) is 1. The molecule has 1 aliphatic heterocycles. The van der Waals surface area contributed by atoms with Gasteiger partial charge in [0.25, 0.3) is 11.7 Å². The average molecular weight is 465 g/mol. The number of pyridine rings is 1. The average Bonchev–Trinajstić information content (AvgIpc) is 3.29. The van der Waals surface area contributed by atoms with Crippen LogP contribution < -0.4 is 9.47 Å². The molecule has 1 amide bonds. The first-order valence-electron chi connectivity index (χ1n) is 10.9. The third kappa shape index (κ3) is 3.88. The summed E-state index contributed by atoms with van der Waals surface area (Å²) in [5, 5.41) is 11.5. The maximum atomic E-state index is 13.3. The van der Waals surface area contributed by atoms with Crippen LogP contribution in [-0.2, 0) is 9.59 Å². The Kier molecular flexibility index (Phi) is 6.30. The number of aromatic nitrogens is 2. The molecule has 1 fully saturated rings. The van der Waals surface area contributed by atoms with E-state index in [-0.39, 0.29) is 11.3 Å². The second-order valence-electron chi connectivity index (χ2n) is 8.38. The minimum absolute atomic E-state index is 0.0183. The Labute approximate surface area is 197 Å². The van der Waals surface area contributed by atoms with Crippen LogP contribution in [-0.4, -0.2) is 77.4 Å². The highest BCUT2D eigenvalue weighted by Gasteiger charge is 2.46. The smallest absolute Gasteiger partial charge is 0.295 e. The van der Waals surface area contributed by atoms with E-state index in [9.17, 15) is 14.7 Å². The molecule has 3 aromatic rings. The van der Waals surface area contributed by atoms with Crippen molar-refractivity contribution in [3.63, 3.8) is 0 Å². The first-order valence-corrected chi connectivity index (χ1v) is 10.9. The Morgan fingerprint density at radius 3 is 2.53 bits per heavy atom. The Hall–Kier alpha value is -3.85. The molecule has 0 saturated carbocycles. The number of amides is 1. The van der Waals surface area contributed by atoms with E-state index in [1.54, 1.807) is 35.7 Å². The first kappa shape index (κ1) is 23.3. The number of hydrogen-bond donors (Lipinski definition) is 1. The van der Waals surface area contributed by atoms with Gasteiger partial charge in [0.15, 0.2) is 17.3 Å². The van der Waals surface area contributed by atoms with Crippen molar-refractivity contribution in [3.05, 3.63) is 65.1 Å². The van der Waals surface area contributed by atoms with Crippen molar-refractivity contribution in [2.24, 2.45) is 0 Å². The van der Waals surface area contributed by atoms with Crippen LogP contribution >= 0.6 is 0 Å². The molecule has 3 heterocycles. The van der Waals surface area contributed by atoms with E-state index in [4.69, 9.17) is 9.47 Å². The molecule has 0 bridgehead atoms. The van der Waals surface area contributed by atoms with Gasteiger partial charge in [-0.15, -0.1) is 0 Å². The van der Waals surface area contributed by atoms with E-state index in [0.717, 1.165) is 0 Å². The summed E-state index contributed by atoms with van der Waals surface area (Å²) in [6.07, 6.45) is 1.76. The number of nitrogens with zero attached hydrogens (tertiary/aromatic N) is 4. The van der Waals surface area contributed by atoms with Gasteiger partial charge in [-0.3, -0.25) is 14.0 Å². The van der Waals surface area contributed by atoms with Gasteiger partial charge >= 0.3 is 0 Å². The molecule has 2 aromatic heterocycles. The second kappa shape index (κ2) is 9.18. The minimum Gasteiger partial charge on any atom is -0.505 e. The third-order valence-corrected chi connectivity index (χ3v) is 5.98. The van der Waals surface area contributed by atoms with E-state index < -0.39 is 17.7 Å². The van der Waals surface area contributed by atoms with Crippen LogP contribution in [0.1, 0.15) is 23.0 Å². The number of carbonyl (C=O) groups excluding carboxylic acids is 2. The molecule has 0 spiro atoms. The summed E-state index contributed by atoms with van der Waals surface area (Å²) in [6.45, 7) is 2.61. The highest BCUT2D eigenvalue weighted by atomic mass is 16.5. The lowest BCUT2D eigenvalue weighted by Crippen LogP contribution is -2.35. The Morgan fingerprint density at radius 1 is 1.12 bits per heavy atom. The summed E-state index contributed by atoms with van der Waals surface area (Å²) < 4.78 is 12.5. The molecule has 1 atom stereocenters. The minimum atomic E-state index is -0.798. The zero-order chi connectivity index (χ0) is 24.6. The van der Waals surface area contributed by atoms with E-state index in [1.165, 1.54) is 19.1 Å². The number of benzene rings is 1. The zero-order valence-corrected chi connectivity index (χ0v) is 19.9. The molecule has 9 nitrogen and oxygen atoms in total. The topological polar surface area (TPSA) is 96.6 Å². The summed E-state index contributed by atoms with van der Waals surface area (Å²) in [5.41, 5.74) is 2.21. The van der Waals surface area contributed by atoms with E-state index in [2.05, 4.69) is 4.98 Å². The largest absolute Gasteiger partial charge is 0.505 e. The molecule has 178 valence electrons. The molecular weight excluding hydrogens is 436 g/mol. The Bertz CT molecular complexity index is 1290. The highest BCUT2D eigenvalue weighted by Crippen LogP contribution is 2.42. The normalized spacial score (nSPS) is 17.7. The molecular formula is C25H28N4O5. The van der Waals surface area contributed by atoms with Crippen LogP contribution in [0.25, 0.3) is 11.4 Å². The van der Waals surface area contributed by atoms with Crippen LogP contribution in [0.3, 0.4) is 0 Å². The van der Waals surface area contributed by atoms with Gasteiger partial charge in [0.1, 0.15) is 11.3 Å². The van der Waals surface area contributed by atoms with E-state index in [0.29, 0.717) is 47.2 Å². The maximum absolute atomic E-state index is 13.3. The number of likely N-dealkylation sites (N-methyl/N-ethyl adjacent to an activating group) is 1. The number of carbonyl (C=O) groups is 2. The Morgan fingerprint density at radius 2 is 1.85 bits per heavy atom. The third-order valence-electron chi connectivity index (χ3n) is 5.98. The van der Waals surface area contributed by atoms with Crippen LogP contribution in [0.4, 0.5) is 0 Å². The lowest BCUT2D eigenvalue weighted by atomic mass is 9.96. The summed E-state index contributed by atoms with van der Waals surface area (Å²) in [5.74, 6) is -0.670. The van der Waals surface area contributed by atoms with Crippen molar-refractivity contribution in [1.29, 1.82) is 0 Å². The van der Waals surface area contributed by atoms with Gasteiger partial charge < -0.3 is 24.4 Å². The molecule has 4 rings (SSSR count). The van der Waals surface area contributed by atoms with E-state index >= 15 is 0 Å². The van der Waals surface area contributed by atoms with Crippen LogP contribution in [0.2, 0.25) is 0 Å². The van der Waals surface area contributed by atoms with Crippen LogP contribution in [0, 0.1) is 6.92 Å². The lowest BCUT2D eigenvalue weighted by Gasteiger charge is -2.27. The fraction of sp³-hybridized carbons (Fsp3) is 0.320. The fourth-order valence-electron chi connectivity index (χ4n) is 4.31. The van der Waals surface area contributed by atoms with Crippen LogP contribution in [0.15, 0.2) is 48.2 Å². The summed E-state index contributed by atoms with van der Waals surface area (Å²) in [6, 6.07) is 9.89. The molecule has 1 saturated heterocycles. The highest BCUT2D eigenvalue weighted by molar-refractivity contribution is 6.46. The molecule has 1 aromatic carbocycles. The van der Waals surface area contributed by atoms with Crippen molar-refractivity contribution in [2.45, 2.75) is 13.0 Å². The van der Waals surface area contributed by atoms with Gasteiger partial charge in [0.2, 0.25) is 0 Å². The molecule has 0 aliphatic carbocycles. The second-order valence-corrected chi connectivity index (χ2v) is 8.38. The summed E-state index contributed by atoms with van der Waals surface area (Å²) in [7, 11) is 6.84. The summed E-state index contributed by atoms with van der Waals surface area (Å²) >= 11 is 0. The number of ether oxygens (including phenoxy) is 2. The molecule has 34 heavy (non-hydrogen) atoms. The van der Waals surface area contributed by atoms with Gasteiger partial charge in [0, 0.05) is 19.3 Å². The van der Waals surface area contributed by atoms with Gasteiger partial charge in [-0.05, 0) is 50.8 Å². The number of methoxy groups -OCH3 is 2. The monoisotopic (exact) mass is 464 g/mol. The standard InChI is InChI=1S/C25H28N4O5/c1-15-21(28-11-7-6-8-19(28)26-15)23(30)20-22(16-9-10-17(33-4)18(14-16)34-5)29(13-12-27(2)3)25(32)24(20)31/h6-11,14,22,30H,12-13H2,1-5H3/t22-/m1/s1. The van der Waals surface area contributed by atoms with Gasteiger partial charge in [0.05, 0.1) is 31.5 Å². The predicted octanol–water partition coefficient (Wildman–Crippen LogP) is 2.64. The van der Waals surface area contributed by atoms with Crippen molar-refractivity contribution in [3.8, 4) is 11.5 Å². The summed E-state index contributed by atoms with van der Waals surface area (Å²) in [4.78, 5) is 34.4. The SMILES string of the molecule is COc1ccc([C@@H]2C(=C(O)c3c(C)nc4ccccn34)C(=O)C(=O)N2CCN(C)C)cc1OC. The first-order chi connectivity index (χ1) is 16.3. The molecule has 9 heteroatoms. The quantitative estimate of drug-likeness (QED) is 0.326. The fourth-order valence-corrected chi connectivity index (χ4v) is 4.31. The van der Waals surface area contributed by atoms with E-state index in [1.807, 2.05) is 37.2 Å². The lowest BCUT2D eigenvalue weighted by molar-refractivity contribution is -0.140. The number of aliphatic hydroxyl groups excluding tert-OH is 1. The predicted molar refractivity (Wildman–Crippen MR) is 127 cm³/mol. The zero-order valence-electron chi connectivity index (χ0n) is 19.9. The number of hydrogen-bond acceptors (Lipinski definition) is 7. The molecule has 1 N–H and O–H groups in total. The number of aliphatic hydroxyl groups is 1. The van der Waals surface area contributed by atoms with Crippen LogP contribution in [0.5, 0.6) is 11.5 Å². The molecule has 0 unspecified atom stereocenters. The number of imidazole rings is 1. The van der Waals surface area contributed by atoms with Gasteiger partial charge in [-0.1, -0.05) is 12.1 Å².